The molecule has 0 amide bonds. The number of sulfone groups is 1. The zero-order chi connectivity index (χ0) is 20.3. The molecule has 0 aliphatic heterocycles. The van der Waals surface area contributed by atoms with E-state index in [4.69, 9.17) is 16.3 Å². The van der Waals surface area contributed by atoms with E-state index in [1.807, 2.05) is 0 Å². The zero-order valence-corrected chi connectivity index (χ0v) is 17.8. The van der Waals surface area contributed by atoms with Gasteiger partial charge in [0.2, 0.25) is 19.1 Å². The second-order valence-electron chi connectivity index (χ2n) is 5.62. The molecule has 148 valence electrons. The van der Waals surface area contributed by atoms with Crippen molar-refractivity contribution in [3.63, 3.8) is 0 Å². The Bertz CT molecular complexity index is 1050. The van der Waals surface area contributed by atoms with Crippen LogP contribution in [0.1, 0.15) is 0 Å². The first-order valence-electron chi connectivity index (χ1n) is 7.97. The molecule has 0 bridgehead atoms. The zero-order valence-electron chi connectivity index (χ0n) is 14.6. The van der Waals surface area contributed by atoms with Gasteiger partial charge in [0.1, 0.15) is 16.6 Å². The normalized spacial score (nSPS) is 12.9. The highest BCUT2D eigenvalue weighted by Crippen LogP contribution is 2.37. The van der Waals surface area contributed by atoms with E-state index in [1.54, 1.807) is 24.3 Å². The van der Waals surface area contributed by atoms with Gasteiger partial charge in [-0.15, -0.1) is 0 Å². The van der Waals surface area contributed by atoms with Gasteiger partial charge in [-0.05, 0) is 36.4 Å². The lowest BCUT2D eigenvalue weighted by Gasteiger charge is -2.09. The minimum Gasteiger partial charge on any atom is -0.611 e. The summed E-state index contributed by atoms with van der Waals surface area (Å²) < 4.78 is 57.1. The first kappa shape index (κ1) is 21.2. The van der Waals surface area contributed by atoms with Crippen LogP contribution in [0.3, 0.4) is 0 Å². The highest BCUT2D eigenvalue weighted by molar-refractivity contribution is 7.96. The quantitative estimate of drug-likeness (QED) is 0.391. The molecule has 0 fully saturated rings. The molecule has 1 aromatic heterocycles. The summed E-state index contributed by atoms with van der Waals surface area (Å²) in [5.74, 6) is -0.423. The summed E-state index contributed by atoms with van der Waals surface area (Å²) in [7, 11) is -2.61. The topological polar surface area (TPSA) is 79.3 Å². The van der Waals surface area contributed by atoms with Gasteiger partial charge < -0.3 is 9.29 Å². The summed E-state index contributed by atoms with van der Waals surface area (Å²) in [4.78, 5) is 4.15. The molecule has 2 aromatic carbocycles. The molecule has 3 aromatic rings. The average Bonchev–Trinajstić information content (AvgIpc) is 3.13. The summed E-state index contributed by atoms with van der Waals surface area (Å²) in [6.45, 7) is 0.205. The average molecular weight is 460 g/mol. The van der Waals surface area contributed by atoms with Crippen LogP contribution in [0.2, 0.25) is 5.02 Å². The molecular formula is C18H15ClFNO4S3. The van der Waals surface area contributed by atoms with Crippen molar-refractivity contribution in [2.75, 3.05) is 19.5 Å². The van der Waals surface area contributed by atoms with Crippen LogP contribution in [-0.2, 0) is 25.7 Å². The fourth-order valence-electron chi connectivity index (χ4n) is 2.30. The van der Waals surface area contributed by atoms with Crippen molar-refractivity contribution in [3.8, 4) is 10.6 Å². The molecule has 0 spiro atoms. The van der Waals surface area contributed by atoms with Gasteiger partial charge in [-0.3, -0.25) is 0 Å². The Morgan fingerprint density at radius 3 is 2.43 bits per heavy atom. The molecule has 28 heavy (non-hydrogen) atoms. The third-order valence-electron chi connectivity index (χ3n) is 3.72. The fourth-order valence-corrected chi connectivity index (χ4v) is 7.00. The maximum atomic E-state index is 13.2. The molecule has 5 nitrogen and oxygen atoms in total. The molecule has 1 heterocycles. The van der Waals surface area contributed by atoms with Crippen molar-refractivity contribution < 1.29 is 22.1 Å². The Morgan fingerprint density at radius 1 is 1.18 bits per heavy atom. The van der Waals surface area contributed by atoms with Crippen molar-refractivity contribution >= 4 is 44.0 Å². The van der Waals surface area contributed by atoms with Crippen LogP contribution in [0.15, 0.2) is 62.7 Å². The lowest BCUT2D eigenvalue weighted by atomic mass is 10.2. The Labute approximate surface area is 174 Å². The third-order valence-corrected chi connectivity index (χ3v) is 8.78. The lowest BCUT2D eigenvalue weighted by molar-refractivity contribution is 0.217. The number of hydrogen-bond donors (Lipinski definition) is 0. The second-order valence-corrected chi connectivity index (χ2v) is 10.7. The second kappa shape index (κ2) is 8.89. The van der Waals surface area contributed by atoms with Crippen molar-refractivity contribution in [2.24, 2.45) is 0 Å². The van der Waals surface area contributed by atoms with E-state index < -0.39 is 26.8 Å². The number of halogens is 2. The number of methoxy groups -OCH3 is 1. The summed E-state index contributed by atoms with van der Waals surface area (Å²) in [5, 5.41) is 0.643. The number of thiazole rings is 1. The number of nitrogens with zero attached hydrogens (tertiary/aromatic N) is 1. The maximum absolute atomic E-state index is 13.2. The number of ether oxygens (including phenoxy) is 1. The summed E-state index contributed by atoms with van der Waals surface area (Å²) in [6, 6.07) is 11.2. The van der Waals surface area contributed by atoms with Gasteiger partial charge in [-0.25, -0.2) is 17.8 Å². The molecule has 0 radical (unpaired) electrons. The predicted octanol–water partition coefficient (Wildman–Crippen LogP) is 4.19. The number of hydrogen-bond acceptors (Lipinski definition) is 6. The van der Waals surface area contributed by atoms with Crippen LogP contribution in [-0.4, -0.2) is 37.4 Å². The van der Waals surface area contributed by atoms with Crippen molar-refractivity contribution in [2.45, 2.75) is 14.1 Å². The largest absolute Gasteiger partial charge is 0.611 e. The van der Waals surface area contributed by atoms with Crippen LogP contribution < -0.4 is 0 Å². The van der Waals surface area contributed by atoms with Gasteiger partial charge in [-0.2, -0.15) is 0 Å². The molecule has 1 atom stereocenters. The van der Waals surface area contributed by atoms with Crippen molar-refractivity contribution in [3.05, 3.63) is 59.4 Å². The van der Waals surface area contributed by atoms with Crippen molar-refractivity contribution in [1.82, 2.24) is 4.98 Å². The minimum atomic E-state index is -4.08. The molecule has 10 heteroatoms. The van der Waals surface area contributed by atoms with E-state index in [2.05, 4.69) is 4.98 Å². The maximum Gasteiger partial charge on any atom is 0.246 e. The van der Waals surface area contributed by atoms with E-state index >= 15 is 0 Å². The molecule has 0 aliphatic carbocycles. The third kappa shape index (κ3) is 4.56. The minimum absolute atomic E-state index is 0.119. The van der Waals surface area contributed by atoms with Crippen LogP contribution in [0.25, 0.3) is 10.6 Å². The van der Waals surface area contributed by atoms with Gasteiger partial charge >= 0.3 is 0 Å². The number of aromatic nitrogens is 1. The highest BCUT2D eigenvalue weighted by Gasteiger charge is 2.33. The Hall–Kier alpha value is -1.49. The molecule has 1 unspecified atom stereocenters. The molecule has 0 saturated carbocycles. The Morgan fingerprint density at radius 2 is 1.82 bits per heavy atom. The van der Waals surface area contributed by atoms with E-state index in [0.717, 1.165) is 35.6 Å². The van der Waals surface area contributed by atoms with Crippen LogP contribution >= 0.6 is 22.9 Å². The fraction of sp³-hybridized carbons (Fsp3) is 0.167. The summed E-state index contributed by atoms with van der Waals surface area (Å²) in [6.07, 6.45) is 0. The van der Waals surface area contributed by atoms with Gasteiger partial charge in [0.05, 0.1) is 11.5 Å². The smallest absolute Gasteiger partial charge is 0.246 e. The van der Waals surface area contributed by atoms with Gasteiger partial charge in [0.25, 0.3) is 0 Å². The standard InChI is InChI=1S/C18H15ClFNO4S3/c1-25-10-11-27(22)18-17(28(23,24)15-8-6-14(20)7-9-15)21-16(26-18)12-2-4-13(19)5-3-12/h2-9H,10-11H2,1H3. The van der Waals surface area contributed by atoms with Gasteiger partial charge in [-0.1, -0.05) is 35.1 Å². The number of rotatable bonds is 7. The first-order chi connectivity index (χ1) is 13.3. The predicted molar refractivity (Wildman–Crippen MR) is 108 cm³/mol. The molecular weight excluding hydrogens is 445 g/mol. The molecule has 0 saturated heterocycles. The van der Waals surface area contributed by atoms with E-state index in [1.165, 1.54) is 7.11 Å². The lowest BCUT2D eigenvalue weighted by Crippen LogP contribution is -2.14. The SMILES string of the molecule is COCC[S+]([O-])c1sc(-c2ccc(Cl)cc2)nc1S(=O)(=O)c1ccc(F)cc1. The monoisotopic (exact) mass is 459 g/mol. The Kier molecular flexibility index (Phi) is 6.74. The van der Waals surface area contributed by atoms with Gasteiger partial charge in [0.15, 0.2) is 0 Å². The highest BCUT2D eigenvalue weighted by atomic mass is 35.5. The number of benzene rings is 2. The van der Waals surface area contributed by atoms with Crippen molar-refractivity contribution in [1.29, 1.82) is 0 Å². The summed E-state index contributed by atoms with van der Waals surface area (Å²) >= 11 is 5.32. The molecule has 0 aliphatic rings. The Balaban J connectivity index is 2.11. The van der Waals surface area contributed by atoms with Gasteiger partial charge in [0, 0.05) is 28.9 Å². The first-order valence-corrected chi connectivity index (χ1v) is 12.0. The summed E-state index contributed by atoms with van der Waals surface area (Å²) in [5.41, 5.74) is 0.653. The van der Waals surface area contributed by atoms with Crippen LogP contribution in [0.4, 0.5) is 4.39 Å². The van der Waals surface area contributed by atoms with Crippen LogP contribution in [0.5, 0.6) is 0 Å². The molecule has 0 N–H and O–H groups in total. The van der Waals surface area contributed by atoms with E-state index in [-0.39, 0.29) is 26.5 Å². The van der Waals surface area contributed by atoms with Crippen LogP contribution in [0, 0.1) is 5.82 Å². The molecule has 3 rings (SSSR count). The van der Waals surface area contributed by atoms with E-state index in [0.29, 0.717) is 15.6 Å². The van der Waals surface area contributed by atoms with E-state index in [9.17, 15) is 17.4 Å².